The Labute approximate surface area is 105 Å². The maximum absolute atomic E-state index is 5.62. The number of thiophene rings is 1. The van der Waals surface area contributed by atoms with E-state index in [0.29, 0.717) is 6.61 Å². The van der Waals surface area contributed by atoms with Gasteiger partial charge in [-0.15, -0.1) is 0 Å². The highest BCUT2D eigenvalue weighted by Gasteiger charge is 2.12. The van der Waals surface area contributed by atoms with Crippen molar-refractivity contribution >= 4 is 11.3 Å². The summed E-state index contributed by atoms with van der Waals surface area (Å²) < 4.78 is 5.42. The maximum Gasteiger partial charge on any atom is 0.119 e. The summed E-state index contributed by atoms with van der Waals surface area (Å²) in [6.07, 6.45) is 0. The summed E-state index contributed by atoms with van der Waals surface area (Å²) in [4.78, 5) is 0. The van der Waals surface area contributed by atoms with Crippen molar-refractivity contribution in [3.8, 4) is 5.75 Å². The van der Waals surface area contributed by atoms with E-state index in [4.69, 9.17) is 10.6 Å². The second kappa shape index (κ2) is 5.82. The number of ether oxygens (including phenoxy) is 1. The third kappa shape index (κ3) is 2.85. The number of hydrogen-bond donors (Lipinski definition) is 2. The molecule has 0 aliphatic carbocycles. The molecule has 0 aliphatic rings. The minimum absolute atomic E-state index is 0.0388. The van der Waals surface area contributed by atoms with Crippen LogP contribution in [0.15, 0.2) is 41.1 Å². The molecule has 0 bridgehead atoms. The highest BCUT2D eigenvalue weighted by Crippen LogP contribution is 2.24. The first-order valence-electron chi connectivity index (χ1n) is 5.56. The van der Waals surface area contributed by atoms with E-state index in [1.807, 2.05) is 36.6 Å². The Morgan fingerprint density at radius 1 is 1.24 bits per heavy atom. The molecule has 3 N–H and O–H groups in total. The zero-order chi connectivity index (χ0) is 12.1. The highest BCUT2D eigenvalue weighted by molar-refractivity contribution is 7.08. The monoisotopic (exact) mass is 248 g/mol. The van der Waals surface area contributed by atoms with Crippen LogP contribution in [0.3, 0.4) is 0 Å². The minimum atomic E-state index is 0.0388. The van der Waals surface area contributed by atoms with E-state index >= 15 is 0 Å². The Bertz CT molecular complexity index is 439. The van der Waals surface area contributed by atoms with Gasteiger partial charge in [0.05, 0.1) is 12.6 Å². The van der Waals surface area contributed by atoms with Gasteiger partial charge in [0.15, 0.2) is 0 Å². The minimum Gasteiger partial charge on any atom is -0.494 e. The van der Waals surface area contributed by atoms with Gasteiger partial charge in [-0.3, -0.25) is 5.84 Å². The van der Waals surface area contributed by atoms with E-state index in [1.165, 1.54) is 5.56 Å². The standard InChI is InChI=1S/C13H16N2OS/c1-2-16-12-5-3-10(4-6-12)13(15-14)11-7-8-17-9-11/h3-9,13,15H,2,14H2,1H3. The molecule has 0 saturated heterocycles. The molecule has 1 aromatic carbocycles. The molecule has 90 valence electrons. The van der Waals surface area contributed by atoms with Crippen molar-refractivity contribution in [2.24, 2.45) is 5.84 Å². The van der Waals surface area contributed by atoms with Crippen LogP contribution >= 0.6 is 11.3 Å². The van der Waals surface area contributed by atoms with Gasteiger partial charge in [-0.1, -0.05) is 12.1 Å². The summed E-state index contributed by atoms with van der Waals surface area (Å²) in [7, 11) is 0. The number of nitrogens with two attached hydrogens (primary N) is 1. The zero-order valence-electron chi connectivity index (χ0n) is 9.72. The van der Waals surface area contributed by atoms with Crippen molar-refractivity contribution in [3.63, 3.8) is 0 Å². The van der Waals surface area contributed by atoms with Gasteiger partial charge >= 0.3 is 0 Å². The lowest BCUT2D eigenvalue weighted by molar-refractivity contribution is 0.340. The van der Waals surface area contributed by atoms with Crippen molar-refractivity contribution in [1.82, 2.24) is 5.43 Å². The van der Waals surface area contributed by atoms with Gasteiger partial charge in [-0.25, -0.2) is 5.43 Å². The Kier molecular flexibility index (Phi) is 4.14. The van der Waals surface area contributed by atoms with E-state index in [9.17, 15) is 0 Å². The number of nitrogens with one attached hydrogen (secondary N) is 1. The van der Waals surface area contributed by atoms with Gasteiger partial charge in [0, 0.05) is 0 Å². The van der Waals surface area contributed by atoms with Crippen LogP contribution in [0.2, 0.25) is 0 Å². The van der Waals surface area contributed by atoms with E-state index < -0.39 is 0 Å². The van der Waals surface area contributed by atoms with Gasteiger partial charge in [-0.05, 0) is 47.0 Å². The molecule has 3 nitrogen and oxygen atoms in total. The third-order valence-corrected chi connectivity index (χ3v) is 3.27. The summed E-state index contributed by atoms with van der Waals surface area (Å²) in [5.41, 5.74) is 5.15. The molecule has 0 radical (unpaired) electrons. The van der Waals surface area contributed by atoms with Crippen molar-refractivity contribution in [2.75, 3.05) is 6.61 Å². The quantitative estimate of drug-likeness (QED) is 0.632. The molecular formula is C13H16N2OS. The first-order valence-corrected chi connectivity index (χ1v) is 6.50. The van der Waals surface area contributed by atoms with Crippen LogP contribution in [0.1, 0.15) is 24.1 Å². The fourth-order valence-corrected chi connectivity index (χ4v) is 2.43. The molecular weight excluding hydrogens is 232 g/mol. The number of hydrogen-bond acceptors (Lipinski definition) is 4. The predicted molar refractivity (Wildman–Crippen MR) is 71.1 cm³/mol. The van der Waals surface area contributed by atoms with E-state index in [2.05, 4.69) is 16.9 Å². The van der Waals surface area contributed by atoms with Crippen LogP contribution in [-0.2, 0) is 0 Å². The lowest BCUT2D eigenvalue weighted by atomic mass is 10.0. The van der Waals surface area contributed by atoms with Crippen molar-refractivity contribution in [1.29, 1.82) is 0 Å². The van der Waals surface area contributed by atoms with E-state index in [-0.39, 0.29) is 6.04 Å². The molecule has 1 atom stereocenters. The van der Waals surface area contributed by atoms with Crippen LogP contribution < -0.4 is 16.0 Å². The molecule has 0 fully saturated rings. The van der Waals surface area contributed by atoms with Crippen molar-refractivity contribution < 1.29 is 4.74 Å². The van der Waals surface area contributed by atoms with Crippen LogP contribution in [0.25, 0.3) is 0 Å². The van der Waals surface area contributed by atoms with E-state index in [0.717, 1.165) is 11.3 Å². The summed E-state index contributed by atoms with van der Waals surface area (Å²) in [6, 6.07) is 10.1. The Hall–Kier alpha value is -1.36. The molecule has 1 unspecified atom stereocenters. The number of rotatable bonds is 5. The highest BCUT2D eigenvalue weighted by atomic mass is 32.1. The fraction of sp³-hybridized carbons (Fsp3) is 0.231. The van der Waals surface area contributed by atoms with Crippen LogP contribution in [0.5, 0.6) is 5.75 Å². The molecule has 17 heavy (non-hydrogen) atoms. The average molecular weight is 248 g/mol. The van der Waals surface area contributed by atoms with Gasteiger partial charge in [0.25, 0.3) is 0 Å². The molecule has 0 saturated carbocycles. The fourth-order valence-electron chi connectivity index (χ4n) is 1.75. The normalized spacial score (nSPS) is 12.4. The molecule has 1 heterocycles. The van der Waals surface area contributed by atoms with Crippen LogP contribution in [0.4, 0.5) is 0 Å². The topological polar surface area (TPSA) is 47.3 Å². The van der Waals surface area contributed by atoms with Gasteiger partial charge < -0.3 is 4.74 Å². The average Bonchev–Trinajstić information content (AvgIpc) is 2.86. The van der Waals surface area contributed by atoms with Crippen LogP contribution in [-0.4, -0.2) is 6.61 Å². The summed E-state index contributed by atoms with van der Waals surface area (Å²) >= 11 is 1.67. The lowest BCUT2D eigenvalue weighted by Crippen LogP contribution is -2.28. The number of hydrazine groups is 1. The Balaban J connectivity index is 2.20. The summed E-state index contributed by atoms with van der Waals surface area (Å²) in [5, 5.41) is 4.15. The molecule has 2 rings (SSSR count). The van der Waals surface area contributed by atoms with Gasteiger partial charge in [0.1, 0.15) is 5.75 Å². The molecule has 0 amide bonds. The first kappa shape index (κ1) is 12.1. The molecule has 0 spiro atoms. The van der Waals surface area contributed by atoms with Crippen molar-refractivity contribution in [3.05, 3.63) is 52.2 Å². The number of benzene rings is 1. The lowest BCUT2D eigenvalue weighted by Gasteiger charge is -2.15. The molecule has 1 aromatic heterocycles. The van der Waals surface area contributed by atoms with Crippen molar-refractivity contribution in [2.45, 2.75) is 13.0 Å². The van der Waals surface area contributed by atoms with Gasteiger partial charge in [0.2, 0.25) is 0 Å². The summed E-state index contributed by atoms with van der Waals surface area (Å²) in [6.45, 7) is 2.66. The Morgan fingerprint density at radius 2 is 2.00 bits per heavy atom. The molecule has 4 heteroatoms. The second-order valence-electron chi connectivity index (χ2n) is 3.66. The largest absolute Gasteiger partial charge is 0.494 e. The molecule has 0 aliphatic heterocycles. The summed E-state index contributed by atoms with van der Waals surface area (Å²) in [5.74, 6) is 6.50. The SMILES string of the molecule is CCOc1ccc(C(NN)c2ccsc2)cc1. The Morgan fingerprint density at radius 3 is 2.53 bits per heavy atom. The smallest absolute Gasteiger partial charge is 0.119 e. The predicted octanol–water partition coefficient (Wildman–Crippen LogP) is 2.70. The molecule has 2 aromatic rings. The first-order chi connectivity index (χ1) is 8.35. The van der Waals surface area contributed by atoms with Gasteiger partial charge in [-0.2, -0.15) is 11.3 Å². The van der Waals surface area contributed by atoms with E-state index in [1.54, 1.807) is 11.3 Å². The second-order valence-corrected chi connectivity index (χ2v) is 4.44. The zero-order valence-corrected chi connectivity index (χ0v) is 10.5. The maximum atomic E-state index is 5.62. The third-order valence-electron chi connectivity index (χ3n) is 2.57. The van der Waals surface area contributed by atoms with Crippen LogP contribution in [0, 0.1) is 0 Å².